The molecule has 2 aliphatic rings. The van der Waals surface area contributed by atoms with Crippen LogP contribution in [0.2, 0.25) is 0 Å². The Morgan fingerprint density at radius 2 is 2.00 bits per heavy atom. The van der Waals surface area contributed by atoms with Crippen LogP contribution in [-0.4, -0.2) is 23.1 Å². The van der Waals surface area contributed by atoms with Gasteiger partial charge in [0.15, 0.2) is 5.78 Å². The first-order chi connectivity index (χ1) is 11.6. The molecule has 3 nitrogen and oxygen atoms in total. The molecule has 0 aromatic heterocycles. The van der Waals surface area contributed by atoms with Crippen LogP contribution in [0.15, 0.2) is 18.2 Å². The van der Waals surface area contributed by atoms with Crippen molar-refractivity contribution in [2.24, 2.45) is 5.92 Å². The predicted octanol–water partition coefficient (Wildman–Crippen LogP) is 4.90. The molecule has 1 aromatic carbocycles. The van der Waals surface area contributed by atoms with E-state index in [9.17, 15) is 9.59 Å². The number of ketones is 1. The van der Waals surface area contributed by atoms with Gasteiger partial charge in [-0.3, -0.25) is 9.59 Å². The molecule has 1 heterocycles. The number of Topliss-reactive ketones (excluding diaryl/α,β-unsaturated/α-hetero) is 1. The lowest BCUT2D eigenvalue weighted by Crippen LogP contribution is -2.29. The molecule has 0 saturated heterocycles. The standard InChI is InChI=1S/C20H26BrNO2/c1-14(21)20(24)17-8-9-18-16(13-17)11-12-22(18)19(23)10-7-15-5-3-2-4-6-15/h8-9,13-15H,2-7,10-12H2,1H3. The van der Waals surface area contributed by atoms with Gasteiger partial charge in [0.25, 0.3) is 0 Å². The number of carbonyl (C=O) groups is 2. The van der Waals surface area contributed by atoms with E-state index in [2.05, 4.69) is 15.9 Å². The summed E-state index contributed by atoms with van der Waals surface area (Å²) in [6, 6.07) is 5.76. The lowest BCUT2D eigenvalue weighted by Gasteiger charge is -2.23. The molecule has 1 fully saturated rings. The maximum atomic E-state index is 12.6. The second-order valence-electron chi connectivity index (χ2n) is 7.16. The number of carbonyl (C=O) groups excluding carboxylic acids is 2. The zero-order valence-electron chi connectivity index (χ0n) is 14.4. The topological polar surface area (TPSA) is 37.4 Å². The molecule has 130 valence electrons. The molecule has 1 saturated carbocycles. The molecule has 3 rings (SSSR count). The Morgan fingerprint density at radius 1 is 1.25 bits per heavy atom. The predicted molar refractivity (Wildman–Crippen MR) is 101 cm³/mol. The summed E-state index contributed by atoms with van der Waals surface area (Å²) in [5.41, 5.74) is 2.86. The number of halogens is 1. The van der Waals surface area contributed by atoms with Crippen LogP contribution in [0, 0.1) is 5.92 Å². The minimum Gasteiger partial charge on any atom is -0.312 e. The summed E-state index contributed by atoms with van der Waals surface area (Å²) >= 11 is 3.34. The van der Waals surface area contributed by atoms with Crippen molar-refractivity contribution in [2.45, 2.75) is 63.1 Å². The number of hydrogen-bond acceptors (Lipinski definition) is 2. The fraction of sp³-hybridized carbons (Fsp3) is 0.600. The SMILES string of the molecule is CC(Br)C(=O)c1ccc2c(c1)CCN2C(=O)CCC1CCCCC1. The number of hydrogen-bond donors (Lipinski definition) is 0. The summed E-state index contributed by atoms with van der Waals surface area (Å²) in [5.74, 6) is 1.08. The molecule has 1 unspecified atom stereocenters. The van der Waals surface area contributed by atoms with Gasteiger partial charge in [0, 0.05) is 24.2 Å². The number of rotatable bonds is 5. The Kier molecular flexibility index (Phi) is 5.75. The fourth-order valence-corrected chi connectivity index (χ4v) is 4.25. The molecule has 24 heavy (non-hydrogen) atoms. The van der Waals surface area contributed by atoms with Gasteiger partial charge in [-0.05, 0) is 49.4 Å². The zero-order valence-corrected chi connectivity index (χ0v) is 16.0. The van der Waals surface area contributed by atoms with Gasteiger partial charge in [0.2, 0.25) is 5.91 Å². The Morgan fingerprint density at radius 3 is 2.71 bits per heavy atom. The average molecular weight is 392 g/mol. The van der Waals surface area contributed by atoms with E-state index in [1.54, 1.807) is 0 Å². The Balaban J connectivity index is 1.63. The van der Waals surface area contributed by atoms with E-state index in [-0.39, 0.29) is 16.5 Å². The Bertz CT molecular complexity index is 620. The quantitative estimate of drug-likeness (QED) is 0.528. The van der Waals surface area contributed by atoms with Gasteiger partial charge < -0.3 is 4.90 Å². The molecule has 4 heteroatoms. The molecule has 0 bridgehead atoms. The maximum Gasteiger partial charge on any atom is 0.227 e. The van der Waals surface area contributed by atoms with E-state index in [1.807, 2.05) is 30.0 Å². The third kappa shape index (κ3) is 3.90. The highest BCUT2D eigenvalue weighted by atomic mass is 79.9. The van der Waals surface area contributed by atoms with Crippen molar-refractivity contribution < 1.29 is 9.59 Å². The van der Waals surface area contributed by atoms with Crippen LogP contribution in [0.4, 0.5) is 5.69 Å². The van der Waals surface area contributed by atoms with E-state index in [4.69, 9.17) is 0 Å². The van der Waals surface area contributed by atoms with Crippen molar-refractivity contribution in [3.05, 3.63) is 29.3 Å². The van der Waals surface area contributed by atoms with Crippen molar-refractivity contribution in [1.29, 1.82) is 0 Å². The van der Waals surface area contributed by atoms with E-state index in [0.717, 1.165) is 42.1 Å². The third-order valence-electron chi connectivity index (χ3n) is 5.41. The van der Waals surface area contributed by atoms with E-state index >= 15 is 0 Å². The van der Waals surface area contributed by atoms with E-state index < -0.39 is 0 Å². The van der Waals surface area contributed by atoms with Gasteiger partial charge >= 0.3 is 0 Å². The number of fused-ring (bicyclic) bond motifs is 1. The summed E-state index contributed by atoms with van der Waals surface area (Å²) in [6.07, 6.45) is 9.13. The van der Waals surface area contributed by atoms with Gasteiger partial charge in [0.1, 0.15) is 0 Å². The normalized spacial score (nSPS) is 19.2. The van der Waals surface area contributed by atoms with Crippen LogP contribution in [0.3, 0.4) is 0 Å². The van der Waals surface area contributed by atoms with Crippen molar-refractivity contribution in [3.8, 4) is 0 Å². The van der Waals surface area contributed by atoms with Crippen molar-refractivity contribution >= 4 is 33.3 Å². The van der Waals surface area contributed by atoms with Gasteiger partial charge in [-0.2, -0.15) is 0 Å². The van der Waals surface area contributed by atoms with Crippen LogP contribution in [0.5, 0.6) is 0 Å². The minimum atomic E-state index is -0.176. The van der Waals surface area contributed by atoms with E-state index in [1.165, 1.54) is 32.1 Å². The molecule has 0 spiro atoms. The van der Waals surface area contributed by atoms with Gasteiger partial charge in [-0.25, -0.2) is 0 Å². The fourth-order valence-electron chi connectivity index (χ4n) is 3.98. The highest BCUT2D eigenvalue weighted by Crippen LogP contribution is 2.32. The molecule has 0 radical (unpaired) electrons. The monoisotopic (exact) mass is 391 g/mol. The molecule has 1 aromatic rings. The number of anilines is 1. The van der Waals surface area contributed by atoms with Gasteiger partial charge in [0.05, 0.1) is 4.83 Å². The molecule has 1 atom stereocenters. The molecule has 0 N–H and O–H groups in total. The number of alkyl halides is 1. The lowest BCUT2D eigenvalue weighted by atomic mass is 9.86. The summed E-state index contributed by atoms with van der Waals surface area (Å²) in [4.78, 5) is 26.5. The van der Waals surface area contributed by atoms with E-state index in [0.29, 0.717) is 6.42 Å². The van der Waals surface area contributed by atoms with Crippen molar-refractivity contribution in [1.82, 2.24) is 0 Å². The first-order valence-electron chi connectivity index (χ1n) is 9.18. The third-order valence-corrected chi connectivity index (χ3v) is 5.83. The smallest absolute Gasteiger partial charge is 0.227 e. The van der Waals surface area contributed by atoms with Crippen molar-refractivity contribution in [3.63, 3.8) is 0 Å². The number of benzene rings is 1. The Labute approximate surface area is 152 Å². The summed E-state index contributed by atoms with van der Waals surface area (Å²) in [5, 5.41) is 0. The molecular weight excluding hydrogens is 366 g/mol. The summed E-state index contributed by atoms with van der Waals surface area (Å²) in [7, 11) is 0. The van der Waals surface area contributed by atoms with Gasteiger partial charge in [-0.15, -0.1) is 0 Å². The average Bonchev–Trinajstić information content (AvgIpc) is 3.03. The maximum absolute atomic E-state index is 12.6. The molecular formula is C20H26BrNO2. The van der Waals surface area contributed by atoms with Crippen molar-refractivity contribution in [2.75, 3.05) is 11.4 Å². The largest absolute Gasteiger partial charge is 0.312 e. The number of nitrogens with zero attached hydrogens (tertiary/aromatic N) is 1. The highest BCUT2D eigenvalue weighted by molar-refractivity contribution is 9.10. The molecule has 1 aliphatic carbocycles. The minimum absolute atomic E-state index is 0.0971. The zero-order chi connectivity index (χ0) is 17.1. The van der Waals surface area contributed by atoms with Crippen LogP contribution in [0.25, 0.3) is 0 Å². The second kappa shape index (κ2) is 7.81. The van der Waals surface area contributed by atoms with Crippen LogP contribution in [0.1, 0.15) is 67.8 Å². The first-order valence-corrected chi connectivity index (χ1v) is 10.1. The van der Waals surface area contributed by atoms with Crippen LogP contribution < -0.4 is 4.90 Å². The molecule has 1 aliphatic heterocycles. The lowest BCUT2D eigenvalue weighted by molar-refractivity contribution is -0.118. The summed E-state index contributed by atoms with van der Waals surface area (Å²) in [6.45, 7) is 2.59. The second-order valence-corrected chi connectivity index (χ2v) is 8.54. The van der Waals surface area contributed by atoms with Crippen LogP contribution >= 0.6 is 15.9 Å². The number of amides is 1. The highest BCUT2D eigenvalue weighted by Gasteiger charge is 2.26. The Hall–Kier alpha value is -1.16. The first kappa shape index (κ1) is 17.7. The summed E-state index contributed by atoms with van der Waals surface area (Å²) < 4.78 is 0. The van der Waals surface area contributed by atoms with Crippen LogP contribution in [-0.2, 0) is 11.2 Å². The van der Waals surface area contributed by atoms with Gasteiger partial charge in [-0.1, -0.05) is 48.0 Å². The molecule has 1 amide bonds.